The molecular formula is C20H14Cl2N4O2S2. The number of hydrogen-bond donors (Lipinski definition) is 0. The number of furan rings is 1. The van der Waals surface area contributed by atoms with E-state index in [4.69, 9.17) is 27.6 Å². The van der Waals surface area contributed by atoms with E-state index in [1.165, 1.54) is 23.1 Å². The highest BCUT2D eigenvalue weighted by molar-refractivity contribution is 8.18. The van der Waals surface area contributed by atoms with Crippen molar-refractivity contribution >= 4 is 68.6 Å². The highest BCUT2D eigenvalue weighted by Crippen LogP contribution is 2.36. The zero-order chi connectivity index (χ0) is 21.3. The largest absolute Gasteiger partial charge is 0.457 e. The van der Waals surface area contributed by atoms with Gasteiger partial charge in [0.05, 0.1) is 15.0 Å². The van der Waals surface area contributed by atoms with E-state index >= 15 is 0 Å². The van der Waals surface area contributed by atoms with Crippen molar-refractivity contribution in [3.05, 3.63) is 68.7 Å². The number of aliphatic imine (C=N–C) groups is 1. The summed E-state index contributed by atoms with van der Waals surface area (Å²) in [5, 5.41) is 10.7. The lowest BCUT2D eigenvalue weighted by Crippen LogP contribution is -2.29. The molecule has 10 heteroatoms. The minimum absolute atomic E-state index is 0.174. The van der Waals surface area contributed by atoms with Crippen LogP contribution in [0, 0.1) is 6.92 Å². The minimum Gasteiger partial charge on any atom is -0.457 e. The standard InChI is InChI=1S/C20H14Cl2N4O2S2/c1-3-8-26-18(27)17(30-20(26)23-19-25-24-11(2)29-19)10-13-5-7-16(28-13)12-4-6-14(21)15(22)9-12/h3-7,9-10H,1,8H2,2H3/b17-10+,23-20+. The molecule has 3 heterocycles. The molecule has 0 bridgehead atoms. The summed E-state index contributed by atoms with van der Waals surface area (Å²) in [7, 11) is 0. The van der Waals surface area contributed by atoms with Crippen molar-refractivity contribution in [2.75, 3.05) is 6.54 Å². The molecule has 1 aliphatic heterocycles. The summed E-state index contributed by atoms with van der Waals surface area (Å²) in [5.41, 5.74) is 0.793. The molecule has 30 heavy (non-hydrogen) atoms. The lowest BCUT2D eigenvalue weighted by molar-refractivity contribution is -0.121. The maximum atomic E-state index is 12.9. The van der Waals surface area contributed by atoms with Crippen LogP contribution < -0.4 is 0 Å². The number of hydrogen-bond acceptors (Lipinski definition) is 7. The number of aryl methyl sites for hydroxylation is 1. The van der Waals surface area contributed by atoms with Crippen LogP contribution in [0.15, 0.2) is 57.3 Å². The van der Waals surface area contributed by atoms with E-state index in [2.05, 4.69) is 21.8 Å². The van der Waals surface area contributed by atoms with Crippen LogP contribution in [-0.2, 0) is 4.79 Å². The van der Waals surface area contributed by atoms with Gasteiger partial charge < -0.3 is 4.42 Å². The van der Waals surface area contributed by atoms with Crippen LogP contribution in [0.3, 0.4) is 0 Å². The van der Waals surface area contributed by atoms with Crippen molar-refractivity contribution in [3.63, 3.8) is 0 Å². The van der Waals surface area contributed by atoms with Crippen molar-refractivity contribution in [2.45, 2.75) is 6.92 Å². The van der Waals surface area contributed by atoms with E-state index in [0.717, 1.165) is 10.6 Å². The molecule has 1 aliphatic rings. The maximum Gasteiger partial charge on any atom is 0.267 e. The number of carbonyl (C=O) groups excluding carboxylic acids is 1. The van der Waals surface area contributed by atoms with Gasteiger partial charge >= 0.3 is 0 Å². The monoisotopic (exact) mass is 476 g/mol. The first-order valence-electron chi connectivity index (χ1n) is 8.71. The number of amidine groups is 1. The van der Waals surface area contributed by atoms with Gasteiger partial charge in [0.15, 0.2) is 5.17 Å². The summed E-state index contributed by atoms with van der Waals surface area (Å²) in [6.07, 6.45) is 3.34. The van der Waals surface area contributed by atoms with E-state index < -0.39 is 0 Å². The Kier molecular flexibility index (Phi) is 6.10. The van der Waals surface area contributed by atoms with Crippen LogP contribution in [0.1, 0.15) is 10.8 Å². The molecule has 0 radical (unpaired) electrons. The normalized spacial score (nSPS) is 16.8. The van der Waals surface area contributed by atoms with Crippen molar-refractivity contribution in [3.8, 4) is 11.3 Å². The predicted molar refractivity (Wildman–Crippen MR) is 123 cm³/mol. The number of amides is 1. The summed E-state index contributed by atoms with van der Waals surface area (Å²) >= 11 is 14.7. The van der Waals surface area contributed by atoms with Crippen LogP contribution >= 0.6 is 46.3 Å². The molecule has 0 N–H and O–H groups in total. The Morgan fingerprint density at radius 1 is 1.23 bits per heavy atom. The predicted octanol–water partition coefficient (Wildman–Crippen LogP) is 6.20. The topological polar surface area (TPSA) is 71.6 Å². The third kappa shape index (κ3) is 4.37. The molecule has 2 aromatic heterocycles. The number of thioether (sulfide) groups is 1. The van der Waals surface area contributed by atoms with Gasteiger partial charge in [0.1, 0.15) is 16.5 Å². The smallest absolute Gasteiger partial charge is 0.267 e. The second kappa shape index (κ2) is 8.77. The third-order valence-corrected chi connectivity index (χ3v) is 6.49. The Morgan fingerprint density at radius 3 is 2.77 bits per heavy atom. The van der Waals surface area contributed by atoms with Gasteiger partial charge in [-0.2, -0.15) is 4.99 Å². The molecule has 152 valence electrons. The number of aromatic nitrogens is 2. The van der Waals surface area contributed by atoms with Crippen molar-refractivity contribution in [2.24, 2.45) is 4.99 Å². The summed E-state index contributed by atoms with van der Waals surface area (Å²) < 4.78 is 5.88. The van der Waals surface area contributed by atoms with Gasteiger partial charge in [0.2, 0.25) is 5.13 Å². The molecule has 0 unspecified atom stereocenters. The van der Waals surface area contributed by atoms with Gasteiger partial charge in [0, 0.05) is 18.2 Å². The second-order valence-electron chi connectivity index (χ2n) is 6.14. The molecular weight excluding hydrogens is 463 g/mol. The van der Waals surface area contributed by atoms with Gasteiger partial charge in [-0.25, -0.2) is 0 Å². The number of nitrogens with zero attached hydrogens (tertiary/aromatic N) is 4. The molecule has 6 nitrogen and oxygen atoms in total. The van der Waals surface area contributed by atoms with Crippen molar-refractivity contribution < 1.29 is 9.21 Å². The Morgan fingerprint density at radius 2 is 2.07 bits per heavy atom. The van der Waals surface area contributed by atoms with Crippen molar-refractivity contribution in [1.29, 1.82) is 0 Å². The molecule has 1 fully saturated rings. The van der Waals surface area contributed by atoms with E-state index in [-0.39, 0.29) is 5.91 Å². The first kappa shape index (κ1) is 20.9. The van der Waals surface area contributed by atoms with Gasteiger partial charge in [0.25, 0.3) is 5.91 Å². The van der Waals surface area contributed by atoms with E-state index in [1.54, 1.807) is 35.3 Å². The fourth-order valence-electron chi connectivity index (χ4n) is 2.66. The summed E-state index contributed by atoms with van der Waals surface area (Å²) in [6, 6.07) is 8.87. The Labute approximate surface area is 190 Å². The van der Waals surface area contributed by atoms with Gasteiger partial charge in [-0.1, -0.05) is 40.6 Å². The number of benzene rings is 1. The molecule has 4 rings (SSSR count). The molecule has 0 saturated carbocycles. The van der Waals surface area contributed by atoms with Crippen LogP contribution in [-0.4, -0.2) is 32.7 Å². The molecule has 0 aliphatic carbocycles. The fourth-order valence-corrected chi connectivity index (χ4v) is 4.54. The molecule has 1 aromatic carbocycles. The average Bonchev–Trinajstić information content (AvgIpc) is 3.41. The van der Waals surface area contributed by atoms with E-state index in [1.807, 2.05) is 19.1 Å². The van der Waals surface area contributed by atoms with E-state index in [9.17, 15) is 4.79 Å². The molecule has 0 spiro atoms. The molecule has 0 atom stereocenters. The molecule has 1 saturated heterocycles. The average molecular weight is 477 g/mol. The summed E-state index contributed by atoms with van der Waals surface area (Å²) in [6.45, 7) is 5.91. The van der Waals surface area contributed by atoms with Gasteiger partial charge in [-0.15, -0.1) is 16.8 Å². The maximum absolute atomic E-state index is 12.9. The number of rotatable bonds is 5. The van der Waals surface area contributed by atoms with Crippen LogP contribution in [0.25, 0.3) is 17.4 Å². The Balaban J connectivity index is 1.62. The molecule has 3 aromatic rings. The zero-order valence-electron chi connectivity index (χ0n) is 15.6. The fraction of sp³-hybridized carbons (Fsp3) is 0.100. The highest BCUT2D eigenvalue weighted by Gasteiger charge is 2.33. The zero-order valence-corrected chi connectivity index (χ0v) is 18.8. The first-order valence-corrected chi connectivity index (χ1v) is 11.1. The second-order valence-corrected chi connectivity index (χ2v) is 9.13. The van der Waals surface area contributed by atoms with Gasteiger partial charge in [-0.3, -0.25) is 9.69 Å². The van der Waals surface area contributed by atoms with Crippen LogP contribution in [0.2, 0.25) is 10.0 Å². The lowest BCUT2D eigenvalue weighted by atomic mass is 10.2. The number of halogens is 2. The first-order chi connectivity index (χ1) is 14.4. The quantitative estimate of drug-likeness (QED) is 0.323. The third-order valence-electron chi connectivity index (χ3n) is 4.01. The number of carbonyl (C=O) groups is 1. The highest BCUT2D eigenvalue weighted by atomic mass is 35.5. The van der Waals surface area contributed by atoms with Crippen LogP contribution in [0.5, 0.6) is 0 Å². The van der Waals surface area contributed by atoms with Crippen molar-refractivity contribution in [1.82, 2.24) is 15.1 Å². The summed E-state index contributed by atoms with van der Waals surface area (Å²) in [4.78, 5) is 19.4. The lowest BCUT2D eigenvalue weighted by Gasteiger charge is -2.11. The van der Waals surface area contributed by atoms with Gasteiger partial charge in [-0.05, 0) is 49.0 Å². The SMILES string of the molecule is C=CCN1C(=O)/C(=C\c2ccc(-c3ccc(Cl)c(Cl)c3)o2)S/C1=N/c1nnc(C)s1. The van der Waals surface area contributed by atoms with E-state index in [0.29, 0.717) is 43.3 Å². The van der Waals surface area contributed by atoms with Crippen LogP contribution in [0.4, 0.5) is 5.13 Å². The Bertz CT molecular complexity index is 1200. The molecule has 1 amide bonds. The summed E-state index contributed by atoms with van der Waals surface area (Å²) in [5.74, 6) is 0.989. The Hall–Kier alpha value is -2.39. The minimum atomic E-state index is -0.174.